The van der Waals surface area contributed by atoms with Gasteiger partial charge in [0.15, 0.2) is 0 Å². The average Bonchev–Trinajstić information content (AvgIpc) is 2.73. The van der Waals surface area contributed by atoms with Crippen LogP contribution in [0.15, 0.2) is 40.2 Å². The molecule has 90 valence electrons. The van der Waals surface area contributed by atoms with Crippen molar-refractivity contribution in [3.8, 4) is 0 Å². The molecule has 0 saturated carbocycles. The van der Waals surface area contributed by atoms with Crippen molar-refractivity contribution in [2.45, 2.75) is 19.5 Å². The molecule has 0 spiro atoms. The third-order valence-electron chi connectivity index (χ3n) is 2.58. The number of rotatable bonds is 4. The number of benzene rings is 1. The highest BCUT2D eigenvalue weighted by Gasteiger charge is 2.09. The Balaban J connectivity index is 1.98. The number of thiophene rings is 1. The average molecular weight is 314 g/mol. The van der Waals surface area contributed by atoms with Crippen LogP contribution >= 0.6 is 27.3 Å². The molecule has 2 aromatic rings. The Morgan fingerprint density at radius 2 is 2.18 bits per heavy atom. The smallest absolute Gasteiger partial charge is 0.127 e. The first kappa shape index (κ1) is 12.7. The summed E-state index contributed by atoms with van der Waals surface area (Å²) in [5.74, 6) is -0.153. The summed E-state index contributed by atoms with van der Waals surface area (Å²) >= 11 is 5.11. The lowest BCUT2D eigenvalue weighted by molar-refractivity contribution is 0.530. The van der Waals surface area contributed by atoms with Gasteiger partial charge in [0, 0.05) is 32.9 Å². The molecule has 2 rings (SSSR count). The van der Waals surface area contributed by atoms with E-state index in [4.69, 9.17) is 0 Å². The number of halogens is 2. The van der Waals surface area contributed by atoms with Gasteiger partial charge < -0.3 is 5.32 Å². The summed E-state index contributed by atoms with van der Waals surface area (Å²) in [4.78, 5) is 1.24. The summed E-state index contributed by atoms with van der Waals surface area (Å²) in [5.41, 5.74) is 0.711. The Morgan fingerprint density at radius 1 is 1.41 bits per heavy atom. The first-order valence-corrected chi connectivity index (χ1v) is 7.05. The van der Waals surface area contributed by atoms with Crippen molar-refractivity contribution >= 4 is 27.3 Å². The topological polar surface area (TPSA) is 12.0 Å². The third-order valence-corrected chi connectivity index (χ3v) is 4.27. The van der Waals surface area contributed by atoms with Crippen molar-refractivity contribution in [2.24, 2.45) is 0 Å². The van der Waals surface area contributed by atoms with Crippen molar-refractivity contribution in [3.05, 3.63) is 56.4 Å². The van der Waals surface area contributed by atoms with Gasteiger partial charge in [-0.3, -0.25) is 0 Å². The highest BCUT2D eigenvalue weighted by atomic mass is 79.9. The minimum absolute atomic E-state index is 0.0112. The Bertz CT molecular complexity index is 498. The van der Waals surface area contributed by atoms with Crippen LogP contribution in [0.5, 0.6) is 0 Å². The fourth-order valence-corrected chi connectivity index (χ4v) is 3.04. The summed E-state index contributed by atoms with van der Waals surface area (Å²) in [5, 5.41) is 5.37. The molecule has 1 aromatic heterocycles. The molecule has 1 aromatic carbocycles. The van der Waals surface area contributed by atoms with Crippen molar-refractivity contribution in [1.29, 1.82) is 0 Å². The van der Waals surface area contributed by atoms with Crippen LogP contribution in [-0.4, -0.2) is 0 Å². The maximum Gasteiger partial charge on any atom is 0.127 e. The maximum atomic E-state index is 13.5. The Labute approximate surface area is 113 Å². The van der Waals surface area contributed by atoms with Crippen LogP contribution in [0.25, 0.3) is 0 Å². The third kappa shape index (κ3) is 3.37. The summed E-state index contributed by atoms with van der Waals surface area (Å²) in [6.07, 6.45) is 0. The molecule has 1 nitrogen and oxygen atoms in total. The van der Waals surface area contributed by atoms with Crippen molar-refractivity contribution < 1.29 is 4.39 Å². The van der Waals surface area contributed by atoms with E-state index in [-0.39, 0.29) is 11.9 Å². The molecular formula is C13H13BrFNS. The minimum atomic E-state index is -0.153. The van der Waals surface area contributed by atoms with E-state index < -0.39 is 0 Å². The van der Waals surface area contributed by atoms with E-state index in [9.17, 15) is 4.39 Å². The van der Waals surface area contributed by atoms with E-state index in [0.29, 0.717) is 5.56 Å². The van der Waals surface area contributed by atoms with Crippen LogP contribution in [0.4, 0.5) is 4.39 Å². The second kappa shape index (κ2) is 5.76. The molecule has 0 radical (unpaired) electrons. The first-order valence-electron chi connectivity index (χ1n) is 5.37. The molecule has 1 N–H and O–H groups in total. The van der Waals surface area contributed by atoms with E-state index in [1.807, 2.05) is 24.4 Å². The quantitative estimate of drug-likeness (QED) is 0.876. The molecule has 1 unspecified atom stereocenters. The molecule has 0 bridgehead atoms. The zero-order valence-electron chi connectivity index (χ0n) is 9.41. The molecule has 17 heavy (non-hydrogen) atoms. The molecule has 4 heteroatoms. The predicted octanol–water partition coefficient (Wildman–Crippen LogP) is 4.50. The standard InChI is InChI=1S/C13H13BrFNS/c1-9(12-4-2-3-5-13(12)15)16-7-11-6-10(14)8-17-11/h2-6,8-9,16H,7H2,1H3. The lowest BCUT2D eigenvalue weighted by atomic mass is 10.1. The number of hydrogen-bond donors (Lipinski definition) is 1. The fourth-order valence-electron chi connectivity index (χ4n) is 1.64. The summed E-state index contributed by atoms with van der Waals surface area (Å²) in [6.45, 7) is 2.73. The molecular weight excluding hydrogens is 301 g/mol. The van der Waals surface area contributed by atoms with Gasteiger partial charge in [-0.25, -0.2) is 4.39 Å². The van der Waals surface area contributed by atoms with Crippen molar-refractivity contribution in [2.75, 3.05) is 0 Å². The van der Waals surface area contributed by atoms with Crippen LogP contribution in [0.3, 0.4) is 0 Å². The van der Waals surface area contributed by atoms with Crippen LogP contribution in [-0.2, 0) is 6.54 Å². The molecule has 1 heterocycles. The second-order valence-electron chi connectivity index (χ2n) is 3.86. The van der Waals surface area contributed by atoms with Crippen molar-refractivity contribution in [1.82, 2.24) is 5.32 Å². The molecule has 0 amide bonds. The predicted molar refractivity (Wildman–Crippen MR) is 73.7 cm³/mol. The molecule has 0 saturated heterocycles. The lowest BCUT2D eigenvalue weighted by Crippen LogP contribution is -2.18. The van der Waals surface area contributed by atoms with Crippen molar-refractivity contribution in [3.63, 3.8) is 0 Å². The highest BCUT2D eigenvalue weighted by Crippen LogP contribution is 2.21. The fraction of sp³-hybridized carbons (Fsp3) is 0.231. The van der Waals surface area contributed by atoms with E-state index >= 15 is 0 Å². The summed E-state index contributed by atoms with van der Waals surface area (Å²) in [6, 6.07) is 8.97. The maximum absolute atomic E-state index is 13.5. The monoisotopic (exact) mass is 313 g/mol. The zero-order chi connectivity index (χ0) is 12.3. The van der Waals surface area contributed by atoms with Gasteiger partial charge in [-0.05, 0) is 35.0 Å². The molecule has 0 aliphatic heterocycles. The second-order valence-corrected chi connectivity index (χ2v) is 5.77. The zero-order valence-corrected chi connectivity index (χ0v) is 11.8. The number of nitrogens with one attached hydrogen (secondary N) is 1. The number of hydrogen-bond acceptors (Lipinski definition) is 2. The molecule has 1 atom stereocenters. The van der Waals surface area contributed by atoms with Crippen LogP contribution < -0.4 is 5.32 Å². The SMILES string of the molecule is CC(NCc1cc(Br)cs1)c1ccccc1F. The van der Waals surface area contributed by atoms with E-state index in [1.54, 1.807) is 17.4 Å². The van der Waals surface area contributed by atoms with Gasteiger partial charge in [0.25, 0.3) is 0 Å². The summed E-state index contributed by atoms with van der Waals surface area (Å²) in [7, 11) is 0. The van der Waals surface area contributed by atoms with Gasteiger partial charge >= 0.3 is 0 Å². The van der Waals surface area contributed by atoms with Gasteiger partial charge in [0.2, 0.25) is 0 Å². The van der Waals surface area contributed by atoms with Crippen LogP contribution in [0, 0.1) is 5.82 Å². The Morgan fingerprint density at radius 3 is 2.82 bits per heavy atom. The lowest BCUT2D eigenvalue weighted by Gasteiger charge is -2.14. The Kier molecular flexibility index (Phi) is 4.31. The van der Waals surface area contributed by atoms with Gasteiger partial charge in [-0.1, -0.05) is 18.2 Å². The van der Waals surface area contributed by atoms with Gasteiger partial charge in [-0.2, -0.15) is 0 Å². The van der Waals surface area contributed by atoms with E-state index in [1.165, 1.54) is 10.9 Å². The van der Waals surface area contributed by atoms with Crippen LogP contribution in [0.2, 0.25) is 0 Å². The van der Waals surface area contributed by atoms with E-state index in [2.05, 4.69) is 27.3 Å². The minimum Gasteiger partial charge on any atom is -0.305 e. The molecule has 0 aliphatic carbocycles. The normalized spacial score (nSPS) is 12.6. The first-order chi connectivity index (χ1) is 8.16. The van der Waals surface area contributed by atoms with Gasteiger partial charge in [-0.15, -0.1) is 11.3 Å². The van der Waals surface area contributed by atoms with Gasteiger partial charge in [0.05, 0.1) is 0 Å². The van der Waals surface area contributed by atoms with E-state index in [0.717, 1.165) is 11.0 Å². The van der Waals surface area contributed by atoms with Crippen LogP contribution in [0.1, 0.15) is 23.4 Å². The van der Waals surface area contributed by atoms with Gasteiger partial charge in [0.1, 0.15) is 5.82 Å². The largest absolute Gasteiger partial charge is 0.305 e. The molecule has 0 fully saturated rings. The summed E-state index contributed by atoms with van der Waals surface area (Å²) < 4.78 is 14.6. The molecule has 0 aliphatic rings. The Hall–Kier alpha value is -0.710. The highest BCUT2D eigenvalue weighted by molar-refractivity contribution is 9.10.